The van der Waals surface area contributed by atoms with Gasteiger partial charge in [-0.3, -0.25) is 9.78 Å². The van der Waals surface area contributed by atoms with Crippen LogP contribution < -0.4 is 10.6 Å². The summed E-state index contributed by atoms with van der Waals surface area (Å²) in [6.07, 6.45) is 3.22. The Kier molecular flexibility index (Phi) is 4.95. The normalized spacial score (nSPS) is 10.0. The second-order valence-electron chi connectivity index (χ2n) is 4.51. The first-order chi connectivity index (χ1) is 10.1. The van der Waals surface area contributed by atoms with Crippen LogP contribution in [0.25, 0.3) is 0 Å². The van der Waals surface area contributed by atoms with Crippen molar-refractivity contribution in [2.24, 2.45) is 0 Å². The van der Waals surface area contributed by atoms with E-state index in [9.17, 15) is 4.79 Å². The van der Waals surface area contributed by atoms with Crippen molar-refractivity contribution >= 4 is 28.9 Å². The van der Waals surface area contributed by atoms with E-state index in [1.807, 2.05) is 25.1 Å². The molecule has 0 aliphatic rings. The number of rotatable bonds is 5. The lowest BCUT2D eigenvalue weighted by molar-refractivity contribution is 0.0953. The first kappa shape index (κ1) is 15.1. The molecule has 1 amide bonds. The van der Waals surface area contributed by atoms with Gasteiger partial charge in [0.05, 0.1) is 0 Å². The SMILES string of the molecule is C=CCNC(=O)c1cc(Nc2ccc(Cl)cc2C)ccn1. The third kappa shape index (κ3) is 4.07. The van der Waals surface area contributed by atoms with Crippen LogP contribution in [0.1, 0.15) is 16.1 Å². The molecule has 21 heavy (non-hydrogen) atoms. The van der Waals surface area contributed by atoms with Crippen LogP contribution in [0.4, 0.5) is 11.4 Å². The highest BCUT2D eigenvalue weighted by Crippen LogP contribution is 2.23. The molecule has 0 fully saturated rings. The summed E-state index contributed by atoms with van der Waals surface area (Å²) in [6, 6.07) is 9.10. The zero-order chi connectivity index (χ0) is 15.2. The molecule has 0 saturated carbocycles. The molecule has 1 heterocycles. The zero-order valence-electron chi connectivity index (χ0n) is 11.7. The molecule has 5 heteroatoms. The number of benzene rings is 1. The molecule has 0 aliphatic carbocycles. The third-order valence-corrected chi connectivity index (χ3v) is 3.10. The minimum absolute atomic E-state index is 0.230. The van der Waals surface area contributed by atoms with E-state index in [1.165, 1.54) is 0 Å². The van der Waals surface area contributed by atoms with Gasteiger partial charge in [-0.1, -0.05) is 17.7 Å². The van der Waals surface area contributed by atoms with Gasteiger partial charge in [-0.2, -0.15) is 0 Å². The highest BCUT2D eigenvalue weighted by Gasteiger charge is 2.07. The number of hydrogen-bond acceptors (Lipinski definition) is 3. The van der Waals surface area contributed by atoms with E-state index < -0.39 is 0 Å². The molecule has 108 valence electrons. The molecule has 2 aromatic rings. The number of halogens is 1. The van der Waals surface area contributed by atoms with Crippen LogP contribution in [0.2, 0.25) is 5.02 Å². The number of hydrogen-bond donors (Lipinski definition) is 2. The van der Waals surface area contributed by atoms with E-state index in [2.05, 4.69) is 22.2 Å². The smallest absolute Gasteiger partial charge is 0.270 e. The maximum Gasteiger partial charge on any atom is 0.270 e. The Morgan fingerprint density at radius 1 is 1.38 bits per heavy atom. The van der Waals surface area contributed by atoms with Crippen molar-refractivity contribution in [2.45, 2.75) is 6.92 Å². The van der Waals surface area contributed by atoms with Gasteiger partial charge in [0.1, 0.15) is 5.69 Å². The van der Waals surface area contributed by atoms with Crippen molar-refractivity contribution in [2.75, 3.05) is 11.9 Å². The Morgan fingerprint density at radius 2 is 2.19 bits per heavy atom. The van der Waals surface area contributed by atoms with Crippen LogP contribution in [-0.4, -0.2) is 17.4 Å². The van der Waals surface area contributed by atoms with Crippen molar-refractivity contribution in [3.8, 4) is 0 Å². The van der Waals surface area contributed by atoms with E-state index in [-0.39, 0.29) is 5.91 Å². The molecule has 0 atom stereocenters. The molecule has 0 saturated heterocycles. The van der Waals surface area contributed by atoms with Crippen LogP contribution >= 0.6 is 11.6 Å². The molecule has 2 rings (SSSR count). The van der Waals surface area contributed by atoms with Gasteiger partial charge in [0.2, 0.25) is 0 Å². The minimum Gasteiger partial charge on any atom is -0.355 e. The standard InChI is InChI=1S/C16H16ClN3O/c1-3-7-19-16(21)15-10-13(6-8-18-15)20-14-5-4-12(17)9-11(14)2/h3-6,8-10H,1,7H2,2H3,(H,18,20)(H,19,21). The lowest BCUT2D eigenvalue weighted by Gasteiger charge is -2.10. The number of anilines is 2. The maximum absolute atomic E-state index is 11.9. The van der Waals surface area contributed by atoms with Crippen LogP contribution in [0, 0.1) is 6.92 Å². The average Bonchev–Trinajstić information content (AvgIpc) is 2.48. The fourth-order valence-corrected chi connectivity index (χ4v) is 2.04. The van der Waals surface area contributed by atoms with Gasteiger partial charge in [-0.15, -0.1) is 6.58 Å². The fraction of sp³-hybridized carbons (Fsp3) is 0.125. The molecule has 1 aromatic heterocycles. The molecule has 0 aliphatic heterocycles. The number of aryl methyl sites for hydroxylation is 1. The Morgan fingerprint density at radius 3 is 2.90 bits per heavy atom. The second-order valence-corrected chi connectivity index (χ2v) is 4.95. The van der Waals surface area contributed by atoms with Crippen molar-refractivity contribution < 1.29 is 4.79 Å². The lowest BCUT2D eigenvalue weighted by Crippen LogP contribution is -2.24. The highest BCUT2D eigenvalue weighted by molar-refractivity contribution is 6.30. The maximum atomic E-state index is 11.9. The topological polar surface area (TPSA) is 54.0 Å². The second kappa shape index (κ2) is 6.90. The number of carbonyl (C=O) groups is 1. The van der Waals surface area contributed by atoms with Crippen LogP contribution in [0.3, 0.4) is 0 Å². The zero-order valence-corrected chi connectivity index (χ0v) is 12.4. The molecular formula is C16H16ClN3O. The van der Waals surface area contributed by atoms with Gasteiger partial charge >= 0.3 is 0 Å². The molecule has 0 unspecified atom stereocenters. The van der Waals surface area contributed by atoms with Gasteiger partial charge in [-0.05, 0) is 42.8 Å². The van der Waals surface area contributed by atoms with Gasteiger partial charge in [0.15, 0.2) is 0 Å². The van der Waals surface area contributed by atoms with E-state index >= 15 is 0 Å². The van der Waals surface area contributed by atoms with Crippen LogP contribution in [-0.2, 0) is 0 Å². The summed E-state index contributed by atoms with van der Waals surface area (Å²) in [5.74, 6) is -0.230. The number of nitrogens with zero attached hydrogens (tertiary/aromatic N) is 1. The predicted molar refractivity (Wildman–Crippen MR) is 86.2 cm³/mol. The Labute approximate surface area is 128 Å². The summed E-state index contributed by atoms with van der Waals surface area (Å²) < 4.78 is 0. The first-order valence-corrected chi connectivity index (χ1v) is 6.86. The molecule has 0 radical (unpaired) electrons. The summed E-state index contributed by atoms with van der Waals surface area (Å²) in [5, 5.41) is 6.64. The highest BCUT2D eigenvalue weighted by atomic mass is 35.5. The van der Waals surface area contributed by atoms with E-state index in [0.29, 0.717) is 17.3 Å². The predicted octanol–water partition coefficient (Wildman–Crippen LogP) is 3.70. The van der Waals surface area contributed by atoms with Gasteiger partial charge in [0.25, 0.3) is 5.91 Å². The number of amides is 1. The van der Waals surface area contributed by atoms with Gasteiger partial charge in [0, 0.05) is 29.1 Å². The van der Waals surface area contributed by atoms with E-state index in [1.54, 1.807) is 24.4 Å². The largest absolute Gasteiger partial charge is 0.355 e. The van der Waals surface area contributed by atoms with E-state index in [4.69, 9.17) is 11.6 Å². The number of carbonyl (C=O) groups excluding carboxylic acids is 1. The quantitative estimate of drug-likeness (QED) is 0.828. The monoisotopic (exact) mass is 301 g/mol. The Bertz CT molecular complexity index is 670. The molecule has 0 bridgehead atoms. The minimum atomic E-state index is -0.230. The van der Waals surface area contributed by atoms with Crippen LogP contribution in [0.5, 0.6) is 0 Å². The molecule has 0 spiro atoms. The van der Waals surface area contributed by atoms with E-state index in [0.717, 1.165) is 16.9 Å². The average molecular weight is 302 g/mol. The summed E-state index contributed by atoms with van der Waals surface area (Å²) in [7, 11) is 0. The molecule has 1 aromatic carbocycles. The van der Waals surface area contributed by atoms with Gasteiger partial charge in [-0.25, -0.2) is 0 Å². The van der Waals surface area contributed by atoms with Crippen molar-refractivity contribution in [3.05, 3.63) is 65.5 Å². The first-order valence-electron chi connectivity index (χ1n) is 6.48. The van der Waals surface area contributed by atoms with Crippen LogP contribution in [0.15, 0.2) is 49.2 Å². The van der Waals surface area contributed by atoms with Gasteiger partial charge < -0.3 is 10.6 Å². The molecule has 4 nitrogen and oxygen atoms in total. The van der Waals surface area contributed by atoms with Crippen molar-refractivity contribution in [1.82, 2.24) is 10.3 Å². The van der Waals surface area contributed by atoms with Crippen molar-refractivity contribution in [1.29, 1.82) is 0 Å². The van der Waals surface area contributed by atoms with Crippen molar-refractivity contribution in [3.63, 3.8) is 0 Å². The number of pyridine rings is 1. The number of aromatic nitrogens is 1. The lowest BCUT2D eigenvalue weighted by atomic mass is 10.2. The number of nitrogens with one attached hydrogen (secondary N) is 2. The summed E-state index contributed by atoms with van der Waals surface area (Å²) >= 11 is 5.94. The fourth-order valence-electron chi connectivity index (χ4n) is 1.81. The Hall–Kier alpha value is -2.33. The summed E-state index contributed by atoms with van der Waals surface area (Å²) in [6.45, 7) is 5.93. The summed E-state index contributed by atoms with van der Waals surface area (Å²) in [5.41, 5.74) is 3.10. The summed E-state index contributed by atoms with van der Waals surface area (Å²) in [4.78, 5) is 15.9. The Balaban J connectivity index is 2.17. The molecular weight excluding hydrogens is 286 g/mol. The third-order valence-electron chi connectivity index (χ3n) is 2.87. The molecule has 2 N–H and O–H groups in total.